The fourth-order valence-corrected chi connectivity index (χ4v) is 5.10. The number of nitrogens with one attached hydrogen (secondary N) is 2. The molecule has 1 aromatic heterocycles. The van der Waals surface area contributed by atoms with E-state index < -0.39 is 0 Å². The topological polar surface area (TPSA) is 57.8 Å². The SMILES string of the molecule is O=C(CCCC[C@@H]1CCSS1)NCCc1cnc[nH]1. The summed E-state index contributed by atoms with van der Waals surface area (Å²) in [6.45, 7) is 0.691. The summed E-state index contributed by atoms with van der Waals surface area (Å²) in [5.74, 6) is 1.47. The van der Waals surface area contributed by atoms with Crippen LogP contribution in [0.2, 0.25) is 0 Å². The first-order chi connectivity index (χ1) is 9.34. The number of aromatic amines is 1. The second-order valence-corrected chi connectivity index (χ2v) is 7.54. The van der Waals surface area contributed by atoms with Crippen LogP contribution in [-0.4, -0.2) is 33.4 Å². The minimum atomic E-state index is 0.174. The lowest BCUT2D eigenvalue weighted by Gasteiger charge is -2.07. The average molecular weight is 299 g/mol. The van der Waals surface area contributed by atoms with E-state index in [1.807, 2.05) is 21.6 Å². The zero-order valence-electron chi connectivity index (χ0n) is 11.1. The lowest BCUT2D eigenvalue weighted by atomic mass is 10.1. The Labute approximate surface area is 122 Å². The van der Waals surface area contributed by atoms with E-state index in [2.05, 4.69) is 15.3 Å². The molecule has 1 amide bonds. The molecule has 2 rings (SSSR count). The van der Waals surface area contributed by atoms with E-state index in [9.17, 15) is 4.79 Å². The maximum absolute atomic E-state index is 11.6. The van der Waals surface area contributed by atoms with Gasteiger partial charge in [-0.25, -0.2) is 4.98 Å². The number of amides is 1. The Morgan fingerprint density at radius 1 is 1.53 bits per heavy atom. The molecule has 1 aliphatic rings. The van der Waals surface area contributed by atoms with Gasteiger partial charge < -0.3 is 10.3 Å². The molecule has 0 unspecified atom stereocenters. The molecule has 1 saturated heterocycles. The molecule has 6 heteroatoms. The summed E-state index contributed by atoms with van der Waals surface area (Å²) in [7, 11) is 4.01. The third-order valence-electron chi connectivity index (χ3n) is 3.18. The number of rotatable bonds is 8. The molecule has 0 aliphatic carbocycles. The fourth-order valence-electron chi connectivity index (χ4n) is 2.07. The predicted octanol–water partition coefficient (Wildman–Crippen LogP) is 2.78. The largest absolute Gasteiger partial charge is 0.356 e. The van der Waals surface area contributed by atoms with Gasteiger partial charge in [0.2, 0.25) is 5.91 Å². The monoisotopic (exact) mass is 299 g/mol. The van der Waals surface area contributed by atoms with Crippen molar-refractivity contribution < 1.29 is 4.79 Å². The molecule has 2 heterocycles. The Bertz CT molecular complexity index is 364. The minimum absolute atomic E-state index is 0.174. The third-order valence-corrected chi connectivity index (χ3v) is 6.19. The summed E-state index contributed by atoms with van der Waals surface area (Å²) < 4.78 is 0. The Kier molecular flexibility index (Phi) is 6.64. The maximum atomic E-state index is 11.6. The highest BCUT2D eigenvalue weighted by Crippen LogP contribution is 2.39. The number of aromatic nitrogens is 2. The van der Waals surface area contributed by atoms with Gasteiger partial charge in [-0.05, 0) is 19.3 Å². The second kappa shape index (κ2) is 8.53. The standard InChI is InChI=1S/C13H21N3OS2/c17-13(15-7-5-11-9-14-10-16-11)4-2-1-3-12-6-8-18-19-12/h9-10,12H,1-8H2,(H,14,16)(H,15,17)/t12-/m1/s1. The number of unbranched alkanes of at least 4 members (excludes halogenated alkanes) is 1. The summed E-state index contributed by atoms with van der Waals surface area (Å²) >= 11 is 0. The summed E-state index contributed by atoms with van der Waals surface area (Å²) in [6.07, 6.45) is 9.73. The molecule has 1 aromatic rings. The van der Waals surface area contributed by atoms with Gasteiger partial charge >= 0.3 is 0 Å². The van der Waals surface area contributed by atoms with Crippen molar-refractivity contribution >= 4 is 27.5 Å². The zero-order valence-corrected chi connectivity index (χ0v) is 12.7. The van der Waals surface area contributed by atoms with Crippen molar-refractivity contribution in [3.8, 4) is 0 Å². The number of carbonyl (C=O) groups is 1. The minimum Gasteiger partial charge on any atom is -0.356 e. The number of imidazole rings is 1. The number of hydrogen-bond acceptors (Lipinski definition) is 4. The van der Waals surface area contributed by atoms with Gasteiger partial charge in [0.25, 0.3) is 0 Å². The molecule has 0 bridgehead atoms. The predicted molar refractivity (Wildman–Crippen MR) is 82.2 cm³/mol. The molecule has 0 aromatic carbocycles. The van der Waals surface area contributed by atoms with Gasteiger partial charge in [-0.1, -0.05) is 28.0 Å². The van der Waals surface area contributed by atoms with E-state index in [0.29, 0.717) is 13.0 Å². The van der Waals surface area contributed by atoms with Crippen molar-refractivity contribution in [2.24, 2.45) is 0 Å². The van der Waals surface area contributed by atoms with Gasteiger partial charge in [0.15, 0.2) is 0 Å². The molecule has 0 saturated carbocycles. The Balaban J connectivity index is 1.45. The normalized spacial score (nSPS) is 18.6. The third kappa shape index (κ3) is 5.91. The van der Waals surface area contributed by atoms with Crippen molar-refractivity contribution in [1.82, 2.24) is 15.3 Å². The first-order valence-electron chi connectivity index (χ1n) is 6.87. The number of carbonyl (C=O) groups excluding carboxylic acids is 1. The molecule has 106 valence electrons. The molecule has 2 N–H and O–H groups in total. The average Bonchev–Trinajstić information content (AvgIpc) is 3.07. The Hall–Kier alpha value is -0.620. The van der Waals surface area contributed by atoms with Crippen molar-refractivity contribution in [1.29, 1.82) is 0 Å². The molecule has 19 heavy (non-hydrogen) atoms. The van der Waals surface area contributed by atoms with E-state index in [1.54, 1.807) is 12.5 Å². The van der Waals surface area contributed by atoms with Crippen LogP contribution in [0.5, 0.6) is 0 Å². The quantitative estimate of drug-likeness (QED) is 0.572. The van der Waals surface area contributed by atoms with Crippen LogP contribution in [0.3, 0.4) is 0 Å². The molecular formula is C13H21N3OS2. The van der Waals surface area contributed by atoms with Crippen LogP contribution in [0.1, 0.15) is 37.8 Å². The molecule has 1 atom stereocenters. The van der Waals surface area contributed by atoms with Gasteiger partial charge in [-0.15, -0.1) is 0 Å². The highest BCUT2D eigenvalue weighted by molar-refractivity contribution is 8.77. The Morgan fingerprint density at radius 2 is 2.47 bits per heavy atom. The van der Waals surface area contributed by atoms with Crippen LogP contribution < -0.4 is 5.32 Å². The van der Waals surface area contributed by atoms with Crippen LogP contribution in [0.4, 0.5) is 0 Å². The van der Waals surface area contributed by atoms with Crippen molar-refractivity contribution in [3.63, 3.8) is 0 Å². The van der Waals surface area contributed by atoms with Gasteiger partial charge in [-0.2, -0.15) is 0 Å². The first kappa shape index (κ1) is 14.8. The summed E-state index contributed by atoms with van der Waals surface area (Å²) in [4.78, 5) is 18.6. The van der Waals surface area contributed by atoms with Gasteiger partial charge in [0.1, 0.15) is 0 Å². The van der Waals surface area contributed by atoms with E-state index in [-0.39, 0.29) is 5.91 Å². The van der Waals surface area contributed by atoms with Crippen LogP contribution in [0.25, 0.3) is 0 Å². The molecule has 0 spiro atoms. The van der Waals surface area contributed by atoms with E-state index >= 15 is 0 Å². The number of nitrogens with zero attached hydrogens (tertiary/aromatic N) is 1. The van der Waals surface area contributed by atoms with Crippen molar-refractivity contribution in [3.05, 3.63) is 18.2 Å². The summed E-state index contributed by atoms with van der Waals surface area (Å²) in [5, 5.41) is 3.78. The molecule has 1 fully saturated rings. The van der Waals surface area contributed by atoms with E-state index in [0.717, 1.165) is 23.8 Å². The number of hydrogen-bond donors (Lipinski definition) is 2. The lowest BCUT2D eigenvalue weighted by Crippen LogP contribution is -2.25. The Morgan fingerprint density at radius 3 is 3.21 bits per heavy atom. The van der Waals surface area contributed by atoms with Gasteiger partial charge in [-0.3, -0.25) is 4.79 Å². The van der Waals surface area contributed by atoms with Gasteiger partial charge in [0.05, 0.1) is 6.33 Å². The van der Waals surface area contributed by atoms with Crippen LogP contribution in [0.15, 0.2) is 12.5 Å². The first-order valence-corrected chi connectivity index (χ1v) is 9.25. The van der Waals surface area contributed by atoms with Crippen LogP contribution in [0, 0.1) is 0 Å². The van der Waals surface area contributed by atoms with E-state index in [4.69, 9.17) is 0 Å². The summed E-state index contributed by atoms with van der Waals surface area (Å²) in [6, 6.07) is 0. The molecule has 4 nitrogen and oxygen atoms in total. The van der Waals surface area contributed by atoms with Gasteiger partial charge in [0, 0.05) is 42.3 Å². The highest BCUT2D eigenvalue weighted by atomic mass is 33.1. The van der Waals surface area contributed by atoms with Crippen molar-refractivity contribution in [2.45, 2.75) is 43.8 Å². The fraction of sp³-hybridized carbons (Fsp3) is 0.692. The van der Waals surface area contributed by atoms with Crippen LogP contribution in [-0.2, 0) is 11.2 Å². The smallest absolute Gasteiger partial charge is 0.220 e. The zero-order chi connectivity index (χ0) is 13.3. The summed E-state index contributed by atoms with van der Waals surface area (Å²) in [5.41, 5.74) is 1.07. The molecular weight excluding hydrogens is 278 g/mol. The second-order valence-electron chi connectivity index (χ2n) is 4.75. The molecule has 0 radical (unpaired) electrons. The van der Waals surface area contributed by atoms with Crippen LogP contribution >= 0.6 is 21.6 Å². The molecule has 1 aliphatic heterocycles. The number of H-pyrrole nitrogens is 1. The highest BCUT2D eigenvalue weighted by Gasteiger charge is 2.15. The van der Waals surface area contributed by atoms with E-state index in [1.165, 1.54) is 25.0 Å². The lowest BCUT2D eigenvalue weighted by molar-refractivity contribution is -0.121. The maximum Gasteiger partial charge on any atom is 0.220 e. The van der Waals surface area contributed by atoms with Crippen molar-refractivity contribution in [2.75, 3.05) is 12.3 Å².